The number of benzene rings is 1. The molecule has 5 rings (SSSR count). The van der Waals surface area contributed by atoms with Gasteiger partial charge in [0.15, 0.2) is 5.65 Å². The van der Waals surface area contributed by atoms with E-state index in [4.69, 9.17) is 4.74 Å². The third-order valence-corrected chi connectivity index (χ3v) is 4.90. The topological polar surface area (TPSA) is 123 Å². The normalized spacial score (nSPS) is 17.0. The van der Waals surface area contributed by atoms with Gasteiger partial charge in [-0.25, -0.2) is 4.98 Å². The Bertz CT molecular complexity index is 1280. The van der Waals surface area contributed by atoms with Gasteiger partial charge in [0.05, 0.1) is 25.1 Å². The van der Waals surface area contributed by atoms with Gasteiger partial charge < -0.3 is 20.7 Å². The second kappa shape index (κ2) is 6.95. The third-order valence-electron chi connectivity index (χ3n) is 4.90. The van der Waals surface area contributed by atoms with Crippen LogP contribution in [-0.2, 0) is 18.4 Å². The van der Waals surface area contributed by atoms with E-state index in [2.05, 4.69) is 36.2 Å². The number of nitrogens with one attached hydrogen (secondary N) is 3. The minimum atomic E-state index is -0.250. The number of aryl methyl sites for hydroxylation is 1. The predicted octanol–water partition coefficient (Wildman–Crippen LogP) is 1.44. The molecule has 30 heavy (non-hydrogen) atoms. The van der Waals surface area contributed by atoms with Crippen LogP contribution in [-0.4, -0.2) is 55.2 Å². The number of nitrogens with zero attached hydrogens (tertiary/aromatic N) is 6. The molecule has 0 saturated heterocycles. The zero-order valence-electron chi connectivity index (χ0n) is 16.8. The molecular formula is C19H21N9O2. The summed E-state index contributed by atoms with van der Waals surface area (Å²) in [5.74, 6) is 0.993. The molecule has 1 atom stereocenters. The van der Waals surface area contributed by atoms with Crippen LogP contribution < -0.4 is 16.0 Å². The van der Waals surface area contributed by atoms with E-state index in [-0.39, 0.29) is 11.9 Å². The van der Waals surface area contributed by atoms with Crippen LogP contribution in [0.4, 0.5) is 17.3 Å². The van der Waals surface area contributed by atoms with E-state index in [1.54, 1.807) is 18.6 Å². The molecule has 1 aliphatic rings. The van der Waals surface area contributed by atoms with Gasteiger partial charge in [-0.1, -0.05) is 0 Å². The molecular weight excluding hydrogens is 386 g/mol. The van der Waals surface area contributed by atoms with Crippen LogP contribution in [0.2, 0.25) is 0 Å². The van der Waals surface area contributed by atoms with Crippen LogP contribution in [0.3, 0.4) is 0 Å². The van der Waals surface area contributed by atoms with E-state index < -0.39 is 0 Å². The summed E-state index contributed by atoms with van der Waals surface area (Å²) in [6.45, 7) is 2.65. The van der Waals surface area contributed by atoms with Crippen LogP contribution in [0.5, 0.6) is 0 Å². The molecule has 0 radical (unpaired) electrons. The molecule has 0 spiro atoms. The van der Waals surface area contributed by atoms with Gasteiger partial charge >= 0.3 is 0 Å². The summed E-state index contributed by atoms with van der Waals surface area (Å²) in [6, 6.07) is 5.57. The number of rotatable bonds is 1. The first kappa shape index (κ1) is 18.3. The van der Waals surface area contributed by atoms with Crippen molar-refractivity contribution in [2.45, 2.75) is 19.6 Å². The molecule has 0 fully saturated rings. The average Bonchev–Trinajstić information content (AvgIpc) is 3.29. The van der Waals surface area contributed by atoms with Crippen LogP contribution in [0.1, 0.15) is 22.8 Å². The summed E-state index contributed by atoms with van der Waals surface area (Å²) in [6.07, 6.45) is 1.52. The van der Waals surface area contributed by atoms with E-state index >= 15 is 0 Å². The number of aromatic nitrogens is 6. The van der Waals surface area contributed by atoms with Crippen LogP contribution in [0.15, 0.2) is 24.4 Å². The van der Waals surface area contributed by atoms with Crippen molar-refractivity contribution < 1.29 is 9.53 Å². The van der Waals surface area contributed by atoms with Gasteiger partial charge in [0.2, 0.25) is 0 Å². The maximum Gasteiger partial charge on any atom is 0.257 e. The lowest BCUT2D eigenvalue weighted by atomic mass is 10.1. The molecule has 0 unspecified atom stereocenters. The zero-order valence-corrected chi connectivity index (χ0v) is 16.8. The highest BCUT2D eigenvalue weighted by molar-refractivity contribution is 6.00. The molecule has 0 saturated carbocycles. The number of amides is 1. The Morgan fingerprint density at radius 3 is 2.97 bits per heavy atom. The molecule has 4 aromatic rings. The highest BCUT2D eigenvalue weighted by atomic mass is 16.5. The zero-order chi connectivity index (χ0) is 20.8. The Hall–Kier alpha value is -3.73. The number of carbonyl (C=O) groups is 1. The minimum Gasteiger partial charge on any atom is -0.375 e. The van der Waals surface area contributed by atoms with E-state index in [0.717, 1.165) is 22.3 Å². The quantitative estimate of drug-likeness (QED) is 0.433. The SMILES string of the molecule is CNc1cc2nc3c(cnn13)C(=O)N[C@H](C)COCc1cc(c3nn(C)nc3c1)N2. The minimum absolute atomic E-state index is 0.180. The number of anilines is 3. The number of hydrogen-bond donors (Lipinski definition) is 3. The molecule has 1 amide bonds. The molecule has 1 aromatic carbocycles. The van der Waals surface area contributed by atoms with Crippen molar-refractivity contribution in [1.82, 2.24) is 34.9 Å². The highest BCUT2D eigenvalue weighted by Gasteiger charge is 2.20. The first-order valence-electron chi connectivity index (χ1n) is 9.58. The van der Waals surface area contributed by atoms with Gasteiger partial charge in [-0.15, -0.1) is 0 Å². The fourth-order valence-electron chi connectivity index (χ4n) is 3.56. The van der Waals surface area contributed by atoms with Crippen molar-refractivity contribution in [2.75, 3.05) is 24.3 Å². The molecule has 11 nitrogen and oxygen atoms in total. The van der Waals surface area contributed by atoms with Crippen molar-refractivity contribution in [3.05, 3.63) is 35.5 Å². The lowest BCUT2D eigenvalue weighted by Crippen LogP contribution is -2.35. The van der Waals surface area contributed by atoms with Crippen LogP contribution in [0.25, 0.3) is 16.7 Å². The van der Waals surface area contributed by atoms with E-state index in [9.17, 15) is 4.79 Å². The largest absolute Gasteiger partial charge is 0.375 e. The van der Waals surface area contributed by atoms with Gasteiger partial charge in [0.1, 0.15) is 28.2 Å². The number of carbonyl (C=O) groups excluding carboxylic acids is 1. The maximum atomic E-state index is 12.8. The molecule has 3 N–H and O–H groups in total. The lowest BCUT2D eigenvalue weighted by Gasteiger charge is -2.16. The average molecular weight is 407 g/mol. The molecule has 154 valence electrons. The van der Waals surface area contributed by atoms with Crippen molar-refractivity contribution in [3.63, 3.8) is 0 Å². The summed E-state index contributed by atoms with van der Waals surface area (Å²) in [7, 11) is 3.57. The van der Waals surface area contributed by atoms with E-state index in [1.807, 2.05) is 25.1 Å². The van der Waals surface area contributed by atoms with Gasteiger partial charge in [0.25, 0.3) is 5.91 Å². The number of ether oxygens (including phenoxy) is 1. The maximum absolute atomic E-state index is 12.8. The van der Waals surface area contributed by atoms with Crippen LogP contribution >= 0.6 is 0 Å². The third kappa shape index (κ3) is 3.08. The first-order valence-corrected chi connectivity index (χ1v) is 9.58. The summed E-state index contributed by atoms with van der Waals surface area (Å²) in [5, 5.41) is 22.6. The Morgan fingerprint density at radius 2 is 2.13 bits per heavy atom. The Labute approximate surface area is 171 Å². The smallest absolute Gasteiger partial charge is 0.257 e. The standard InChI is InChI=1S/C19H21N9O2/c1-10-8-30-9-11-4-13(17-14(5-11)25-27(3)26-17)23-15-6-16(20-2)28-18(24-15)12(7-21-28)19(29)22-10/h4-7,10,20H,8-9H2,1-3H3,(H,22,29)(H,23,24)/t10-/m1/s1. The van der Waals surface area contributed by atoms with Gasteiger partial charge in [0, 0.05) is 26.2 Å². The summed E-state index contributed by atoms with van der Waals surface area (Å²) in [4.78, 5) is 19.0. The molecule has 4 heterocycles. The van der Waals surface area contributed by atoms with Crippen molar-refractivity contribution in [2.24, 2.45) is 7.05 Å². The molecule has 1 aliphatic heterocycles. The van der Waals surface area contributed by atoms with Gasteiger partial charge in [-0.05, 0) is 24.6 Å². The monoisotopic (exact) mass is 407 g/mol. The fraction of sp³-hybridized carbons (Fsp3) is 0.316. The molecule has 4 bridgehead atoms. The summed E-state index contributed by atoms with van der Waals surface area (Å²) < 4.78 is 7.43. The summed E-state index contributed by atoms with van der Waals surface area (Å²) in [5.41, 5.74) is 4.01. The fourth-order valence-corrected chi connectivity index (χ4v) is 3.56. The van der Waals surface area contributed by atoms with Crippen LogP contribution in [0, 0.1) is 0 Å². The lowest BCUT2D eigenvalue weighted by molar-refractivity contribution is 0.0822. The van der Waals surface area contributed by atoms with Gasteiger partial charge in [-0.2, -0.15) is 24.6 Å². The Balaban J connectivity index is 1.72. The number of fused-ring (bicyclic) bond motifs is 5. The van der Waals surface area contributed by atoms with Crippen molar-refractivity contribution in [3.8, 4) is 0 Å². The van der Waals surface area contributed by atoms with Crippen molar-refractivity contribution in [1.29, 1.82) is 0 Å². The van der Waals surface area contributed by atoms with E-state index in [0.29, 0.717) is 36.1 Å². The number of hydrogen-bond acceptors (Lipinski definition) is 8. The Morgan fingerprint density at radius 1 is 1.27 bits per heavy atom. The molecule has 0 aliphatic carbocycles. The highest BCUT2D eigenvalue weighted by Crippen LogP contribution is 2.28. The van der Waals surface area contributed by atoms with Gasteiger partial charge in [-0.3, -0.25) is 4.79 Å². The van der Waals surface area contributed by atoms with E-state index in [1.165, 1.54) is 11.0 Å². The second-order valence-electron chi connectivity index (χ2n) is 7.29. The Kier molecular flexibility index (Phi) is 4.24. The van der Waals surface area contributed by atoms with Crippen molar-refractivity contribution >= 4 is 39.9 Å². The first-order chi connectivity index (χ1) is 14.5. The predicted molar refractivity (Wildman–Crippen MR) is 111 cm³/mol. The molecule has 3 aromatic heterocycles. The molecule has 11 heteroatoms. The summed E-state index contributed by atoms with van der Waals surface area (Å²) >= 11 is 0. The second-order valence-corrected chi connectivity index (χ2v) is 7.29.